The minimum Gasteiger partial charge on any atom is -0.0877 e. The second-order valence-corrected chi connectivity index (χ2v) is 4.47. The summed E-state index contributed by atoms with van der Waals surface area (Å²) in [5.41, 5.74) is 5.68. The molecular weight excluding hydrogens is 192 g/mol. The second kappa shape index (κ2) is 6.32. The molecule has 0 bridgehead atoms. The Morgan fingerprint density at radius 2 is 2.00 bits per heavy atom. The van der Waals surface area contributed by atoms with Crippen molar-refractivity contribution in [2.45, 2.75) is 40.5 Å². The first-order chi connectivity index (χ1) is 7.63. The topological polar surface area (TPSA) is 0 Å². The van der Waals surface area contributed by atoms with Gasteiger partial charge in [-0.3, -0.25) is 0 Å². The van der Waals surface area contributed by atoms with Crippen LogP contribution >= 0.6 is 0 Å². The van der Waals surface area contributed by atoms with E-state index < -0.39 is 0 Å². The van der Waals surface area contributed by atoms with Gasteiger partial charge in [-0.2, -0.15) is 0 Å². The molecule has 0 aromatic heterocycles. The predicted molar refractivity (Wildman–Crippen MR) is 72.8 cm³/mol. The molecule has 0 unspecified atom stereocenters. The fraction of sp³-hybridized carbons (Fsp3) is 0.375. The first kappa shape index (κ1) is 12.8. The quantitative estimate of drug-likeness (QED) is 0.634. The number of hydrogen-bond donors (Lipinski definition) is 0. The fourth-order valence-corrected chi connectivity index (χ4v) is 1.80. The maximum Gasteiger partial charge on any atom is -0.0239 e. The average molecular weight is 214 g/mol. The summed E-state index contributed by atoms with van der Waals surface area (Å²) >= 11 is 0. The van der Waals surface area contributed by atoms with Crippen molar-refractivity contribution < 1.29 is 0 Å². The van der Waals surface area contributed by atoms with Crippen LogP contribution in [0, 0.1) is 13.8 Å². The third-order valence-corrected chi connectivity index (χ3v) is 2.86. The lowest BCUT2D eigenvalue weighted by Gasteiger charge is -2.06. The van der Waals surface area contributed by atoms with Crippen molar-refractivity contribution >= 4 is 0 Å². The van der Waals surface area contributed by atoms with Crippen LogP contribution in [0.15, 0.2) is 42.0 Å². The van der Waals surface area contributed by atoms with Crippen LogP contribution in [0.25, 0.3) is 0 Å². The van der Waals surface area contributed by atoms with Gasteiger partial charge in [-0.05, 0) is 51.7 Å². The summed E-state index contributed by atoms with van der Waals surface area (Å²) < 4.78 is 0. The van der Waals surface area contributed by atoms with Crippen LogP contribution in [0.5, 0.6) is 0 Å². The van der Waals surface area contributed by atoms with Crippen molar-refractivity contribution in [1.29, 1.82) is 0 Å². The molecule has 1 aromatic carbocycles. The Morgan fingerprint density at radius 1 is 1.25 bits per heavy atom. The third-order valence-electron chi connectivity index (χ3n) is 2.86. The zero-order chi connectivity index (χ0) is 12.0. The molecule has 0 saturated carbocycles. The van der Waals surface area contributed by atoms with Crippen molar-refractivity contribution in [2.24, 2.45) is 0 Å². The van der Waals surface area contributed by atoms with Crippen LogP contribution in [-0.2, 0) is 6.42 Å². The van der Waals surface area contributed by atoms with Crippen molar-refractivity contribution in [1.82, 2.24) is 0 Å². The standard InChI is InChI=1S/C16H22/c1-5-6-7-13(2)8-10-16-11-9-14(3)12-15(16)4/h5-7,9,11-12H,8,10H2,1-4H3. The van der Waals surface area contributed by atoms with Crippen LogP contribution in [-0.4, -0.2) is 0 Å². The molecule has 1 aromatic rings. The van der Waals surface area contributed by atoms with Gasteiger partial charge in [-0.15, -0.1) is 0 Å². The number of rotatable bonds is 4. The van der Waals surface area contributed by atoms with Gasteiger partial charge in [0.15, 0.2) is 0 Å². The van der Waals surface area contributed by atoms with Gasteiger partial charge in [-0.1, -0.05) is 47.6 Å². The molecule has 0 radical (unpaired) electrons. The number of allylic oxidation sites excluding steroid dienone is 4. The molecule has 0 fully saturated rings. The molecule has 86 valence electrons. The van der Waals surface area contributed by atoms with Crippen molar-refractivity contribution in [3.8, 4) is 0 Å². The van der Waals surface area contributed by atoms with Gasteiger partial charge in [-0.25, -0.2) is 0 Å². The van der Waals surface area contributed by atoms with Gasteiger partial charge in [0, 0.05) is 0 Å². The van der Waals surface area contributed by atoms with E-state index in [1.807, 2.05) is 6.92 Å². The minimum absolute atomic E-state index is 1.14. The van der Waals surface area contributed by atoms with Crippen LogP contribution in [0.2, 0.25) is 0 Å². The highest BCUT2D eigenvalue weighted by atomic mass is 14.0. The molecule has 0 aliphatic heterocycles. The maximum absolute atomic E-state index is 2.26. The number of benzene rings is 1. The normalized spacial score (nSPS) is 12.4. The highest BCUT2D eigenvalue weighted by molar-refractivity contribution is 5.31. The highest BCUT2D eigenvalue weighted by Crippen LogP contribution is 2.15. The summed E-state index contributed by atoms with van der Waals surface area (Å²) in [7, 11) is 0. The third kappa shape index (κ3) is 4.06. The van der Waals surface area contributed by atoms with Gasteiger partial charge >= 0.3 is 0 Å². The van der Waals surface area contributed by atoms with Crippen molar-refractivity contribution in [3.05, 3.63) is 58.7 Å². The van der Waals surface area contributed by atoms with E-state index in [4.69, 9.17) is 0 Å². The first-order valence-corrected chi connectivity index (χ1v) is 5.98. The molecule has 16 heavy (non-hydrogen) atoms. The molecule has 0 heteroatoms. The maximum atomic E-state index is 2.26. The Labute approximate surface area is 99.7 Å². The Hall–Kier alpha value is -1.30. The van der Waals surface area contributed by atoms with E-state index >= 15 is 0 Å². The number of aryl methyl sites for hydroxylation is 3. The largest absolute Gasteiger partial charge is 0.0877 e. The summed E-state index contributed by atoms with van der Waals surface area (Å²) in [6.07, 6.45) is 8.67. The molecule has 0 heterocycles. The van der Waals surface area contributed by atoms with E-state index in [2.05, 4.69) is 57.2 Å². The summed E-state index contributed by atoms with van der Waals surface area (Å²) in [4.78, 5) is 0. The van der Waals surface area contributed by atoms with Crippen LogP contribution in [0.4, 0.5) is 0 Å². The summed E-state index contributed by atoms with van der Waals surface area (Å²) in [6.45, 7) is 8.60. The van der Waals surface area contributed by atoms with E-state index in [1.54, 1.807) is 0 Å². The molecule has 0 nitrogen and oxygen atoms in total. The lowest BCUT2D eigenvalue weighted by Crippen LogP contribution is -1.91. The molecule has 0 aliphatic rings. The average Bonchev–Trinajstić information content (AvgIpc) is 2.25. The zero-order valence-corrected chi connectivity index (χ0v) is 10.9. The van der Waals surface area contributed by atoms with E-state index in [0.29, 0.717) is 0 Å². The summed E-state index contributed by atoms with van der Waals surface area (Å²) in [6, 6.07) is 6.72. The Bertz CT molecular complexity index is 394. The highest BCUT2D eigenvalue weighted by Gasteiger charge is 1.98. The van der Waals surface area contributed by atoms with E-state index in [-0.39, 0.29) is 0 Å². The van der Waals surface area contributed by atoms with E-state index in [0.717, 1.165) is 12.8 Å². The molecule has 0 spiro atoms. The molecule has 0 N–H and O–H groups in total. The fourth-order valence-electron chi connectivity index (χ4n) is 1.80. The molecule has 0 amide bonds. The van der Waals surface area contributed by atoms with Crippen LogP contribution < -0.4 is 0 Å². The van der Waals surface area contributed by atoms with Crippen molar-refractivity contribution in [2.75, 3.05) is 0 Å². The van der Waals surface area contributed by atoms with Gasteiger partial charge in [0.05, 0.1) is 0 Å². The molecular formula is C16H22. The van der Waals surface area contributed by atoms with Gasteiger partial charge < -0.3 is 0 Å². The molecule has 0 aliphatic carbocycles. The smallest absolute Gasteiger partial charge is 0.0239 e. The van der Waals surface area contributed by atoms with Gasteiger partial charge in [0.1, 0.15) is 0 Å². The van der Waals surface area contributed by atoms with E-state index in [1.165, 1.54) is 22.3 Å². The SMILES string of the molecule is CC=CC=C(C)CCc1ccc(C)cc1C. The Morgan fingerprint density at radius 3 is 2.62 bits per heavy atom. The van der Waals surface area contributed by atoms with Crippen LogP contribution in [0.1, 0.15) is 37.0 Å². The van der Waals surface area contributed by atoms with Gasteiger partial charge in [0.25, 0.3) is 0 Å². The Kier molecular flexibility index (Phi) is 5.04. The minimum atomic E-state index is 1.14. The van der Waals surface area contributed by atoms with Gasteiger partial charge in [0.2, 0.25) is 0 Å². The lowest BCUT2D eigenvalue weighted by molar-refractivity contribution is 0.930. The monoisotopic (exact) mass is 214 g/mol. The molecule has 1 rings (SSSR count). The summed E-state index contributed by atoms with van der Waals surface area (Å²) in [5, 5.41) is 0. The summed E-state index contributed by atoms with van der Waals surface area (Å²) in [5.74, 6) is 0. The molecule has 0 atom stereocenters. The van der Waals surface area contributed by atoms with Crippen molar-refractivity contribution in [3.63, 3.8) is 0 Å². The number of hydrogen-bond acceptors (Lipinski definition) is 0. The van der Waals surface area contributed by atoms with Crippen LogP contribution in [0.3, 0.4) is 0 Å². The molecule has 0 saturated heterocycles. The van der Waals surface area contributed by atoms with E-state index in [9.17, 15) is 0 Å². The Balaban J connectivity index is 2.61. The second-order valence-electron chi connectivity index (χ2n) is 4.47. The predicted octanol–water partition coefficient (Wildman–Crippen LogP) is 4.76. The first-order valence-electron chi connectivity index (χ1n) is 5.98. The lowest BCUT2D eigenvalue weighted by atomic mass is 9.99. The zero-order valence-electron chi connectivity index (χ0n) is 10.9.